The maximum Gasteiger partial charge on any atom is 0.339 e. The van der Waals surface area contributed by atoms with Crippen LogP contribution in [0.25, 0.3) is 22.4 Å². The minimum atomic E-state index is -0.599. The number of ether oxygens (including phenoxy) is 2. The van der Waals surface area contributed by atoms with E-state index in [0.717, 1.165) is 0 Å². The van der Waals surface area contributed by atoms with Gasteiger partial charge in [-0.25, -0.2) is 9.78 Å². The van der Waals surface area contributed by atoms with Gasteiger partial charge in [-0.15, -0.1) is 0 Å². The molecule has 0 spiro atoms. The average Bonchev–Trinajstić information content (AvgIpc) is 3.31. The van der Waals surface area contributed by atoms with Gasteiger partial charge in [-0.2, -0.15) is 0 Å². The molecule has 2 aromatic heterocycles. The quantitative estimate of drug-likeness (QED) is 0.357. The van der Waals surface area contributed by atoms with Crippen LogP contribution in [0, 0.1) is 0 Å². The van der Waals surface area contributed by atoms with Crippen molar-refractivity contribution in [1.29, 1.82) is 0 Å². The number of esters is 1. The molecule has 0 amide bonds. The Kier molecular flexibility index (Phi) is 5.07. The lowest BCUT2D eigenvalue weighted by Crippen LogP contribution is -2.15. The van der Waals surface area contributed by atoms with Gasteiger partial charge in [0.25, 0.3) is 0 Å². The number of para-hydroxylation sites is 1. The predicted molar refractivity (Wildman–Crippen MR) is 107 cm³/mol. The van der Waals surface area contributed by atoms with Crippen LogP contribution in [0.5, 0.6) is 5.75 Å². The molecule has 6 heteroatoms. The molecule has 0 unspecified atom stereocenters. The Morgan fingerprint density at radius 2 is 1.79 bits per heavy atom. The number of hydrogen-bond donors (Lipinski definition) is 0. The van der Waals surface area contributed by atoms with E-state index in [2.05, 4.69) is 4.98 Å². The van der Waals surface area contributed by atoms with Gasteiger partial charge in [0.2, 0.25) is 0 Å². The predicted octanol–water partition coefficient (Wildman–Crippen LogP) is 4.54. The number of hydrogen-bond acceptors (Lipinski definition) is 6. The van der Waals surface area contributed by atoms with E-state index >= 15 is 0 Å². The Bertz CT molecular complexity index is 1160. The third-order valence-corrected chi connectivity index (χ3v) is 4.46. The van der Waals surface area contributed by atoms with Crippen LogP contribution in [0.4, 0.5) is 0 Å². The second kappa shape index (κ2) is 7.98. The summed E-state index contributed by atoms with van der Waals surface area (Å²) >= 11 is 0. The largest absolute Gasteiger partial charge is 0.497 e. The van der Waals surface area contributed by atoms with Crippen molar-refractivity contribution in [2.45, 2.75) is 0 Å². The molecule has 0 aliphatic heterocycles. The van der Waals surface area contributed by atoms with Crippen molar-refractivity contribution in [3.63, 3.8) is 0 Å². The van der Waals surface area contributed by atoms with E-state index in [1.54, 1.807) is 61.7 Å². The van der Waals surface area contributed by atoms with Crippen molar-refractivity contribution in [2.75, 3.05) is 13.7 Å². The summed E-state index contributed by atoms with van der Waals surface area (Å²) in [5, 5.41) is 0.643. The molecule has 0 aliphatic carbocycles. The van der Waals surface area contributed by atoms with E-state index in [-0.39, 0.29) is 12.4 Å². The first kappa shape index (κ1) is 18.4. The van der Waals surface area contributed by atoms with Crippen molar-refractivity contribution in [1.82, 2.24) is 4.98 Å². The number of methoxy groups -OCH3 is 1. The Labute approximate surface area is 166 Å². The Morgan fingerprint density at radius 1 is 1.00 bits per heavy atom. The summed E-state index contributed by atoms with van der Waals surface area (Å²) in [5.41, 5.74) is 1.91. The topological polar surface area (TPSA) is 78.6 Å². The van der Waals surface area contributed by atoms with E-state index in [9.17, 15) is 9.59 Å². The van der Waals surface area contributed by atoms with E-state index in [1.807, 2.05) is 12.1 Å². The second-order valence-corrected chi connectivity index (χ2v) is 6.28. The van der Waals surface area contributed by atoms with E-state index in [4.69, 9.17) is 13.9 Å². The molecule has 29 heavy (non-hydrogen) atoms. The molecular formula is C23H17NO5. The number of nitrogens with zero attached hydrogens (tertiary/aromatic N) is 1. The van der Waals surface area contributed by atoms with Gasteiger partial charge in [0, 0.05) is 10.9 Å². The number of aromatic nitrogens is 1. The SMILES string of the molecule is COc1ccc(C(=O)COC(=O)c2cc(-c3ccco3)nc3ccccc23)cc1. The number of rotatable bonds is 6. The maximum atomic E-state index is 12.8. The van der Waals surface area contributed by atoms with Crippen LogP contribution >= 0.6 is 0 Å². The molecule has 0 saturated heterocycles. The summed E-state index contributed by atoms with van der Waals surface area (Å²) in [6.45, 7) is -0.363. The third kappa shape index (κ3) is 3.87. The molecule has 0 aliphatic rings. The maximum absolute atomic E-state index is 12.8. The number of ketones is 1. The Morgan fingerprint density at radius 3 is 2.52 bits per heavy atom. The molecule has 2 heterocycles. The van der Waals surface area contributed by atoms with Crippen LogP contribution in [0.1, 0.15) is 20.7 Å². The van der Waals surface area contributed by atoms with E-state index in [0.29, 0.717) is 39.2 Å². The molecular weight excluding hydrogens is 370 g/mol. The van der Waals surface area contributed by atoms with Crippen LogP contribution in [0.2, 0.25) is 0 Å². The zero-order chi connectivity index (χ0) is 20.2. The molecule has 4 aromatic rings. The summed E-state index contributed by atoms with van der Waals surface area (Å²) in [6.07, 6.45) is 1.54. The van der Waals surface area contributed by atoms with Gasteiger partial charge in [0.1, 0.15) is 11.4 Å². The fourth-order valence-electron chi connectivity index (χ4n) is 2.96. The number of fused-ring (bicyclic) bond motifs is 1. The number of Topliss-reactive ketones (excluding diaryl/α,β-unsaturated/α-hetero) is 1. The first-order chi connectivity index (χ1) is 14.2. The zero-order valence-corrected chi connectivity index (χ0v) is 15.6. The monoisotopic (exact) mass is 387 g/mol. The zero-order valence-electron chi connectivity index (χ0n) is 15.6. The van der Waals surface area contributed by atoms with Crippen molar-refractivity contribution in [2.24, 2.45) is 0 Å². The Balaban J connectivity index is 1.58. The minimum Gasteiger partial charge on any atom is -0.497 e. The minimum absolute atomic E-state index is 0.300. The second-order valence-electron chi connectivity index (χ2n) is 6.28. The molecule has 6 nitrogen and oxygen atoms in total. The standard InChI is InChI=1S/C23H17NO5/c1-27-16-10-8-15(9-11-16)21(25)14-29-23(26)18-13-20(22-7-4-12-28-22)24-19-6-3-2-5-17(18)19/h2-13H,14H2,1H3. The van der Waals surface area contributed by atoms with Gasteiger partial charge in [0.15, 0.2) is 18.2 Å². The number of carbonyl (C=O) groups is 2. The van der Waals surface area contributed by atoms with Gasteiger partial charge in [-0.3, -0.25) is 4.79 Å². The Hall–Kier alpha value is -3.93. The van der Waals surface area contributed by atoms with Crippen LogP contribution in [-0.4, -0.2) is 30.5 Å². The molecule has 2 aromatic carbocycles. The van der Waals surface area contributed by atoms with Crippen LogP contribution in [0.15, 0.2) is 77.4 Å². The number of carbonyl (C=O) groups excluding carboxylic acids is 2. The average molecular weight is 387 g/mol. The van der Waals surface area contributed by atoms with Crippen LogP contribution in [0.3, 0.4) is 0 Å². The van der Waals surface area contributed by atoms with Crippen molar-refractivity contribution < 1.29 is 23.5 Å². The van der Waals surface area contributed by atoms with Gasteiger partial charge >= 0.3 is 5.97 Å². The lowest BCUT2D eigenvalue weighted by atomic mass is 10.1. The molecule has 0 radical (unpaired) electrons. The van der Waals surface area contributed by atoms with Gasteiger partial charge in [-0.1, -0.05) is 18.2 Å². The van der Waals surface area contributed by atoms with Gasteiger partial charge in [-0.05, 0) is 48.5 Å². The summed E-state index contributed by atoms with van der Waals surface area (Å²) < 4.78 is 15.8. The van der Waals surface area contributed by atoms with Crippen molar-refractivity contribution in [3.8, 4) is 17.2 Å². The highest BCUT2D eigenvalue weighted by Gasteiger charge is 2.18. The molecule has 4 rings (SSSR count). The molecule has 0 bridgehead atoms. The normalized spacial score (nSPS) is 10.7. The highest BCUT2D eigenvalue weighted by molar-refractivity contribution is 6.06. The fourth-order valence-corrected chi connectivity index (χ4v) is 2.96. The number of furan rings is 1. The van der Waals surface area contributed by atoms with Crippen LogP contribution < -0.4 is 4.74 Å². The summed E-state index contributed by atoms with van der Waals surface area (Å²) in [4.78, 5) is 29.7. The summed E-state index contributed by atoms with van der Waals surface area (Å²) in [7, 11) is 1.55. The first-order valence-corrected chi connectivity index (χ1v) is 8.94. The summed E-state index contributed by atoms with van der Waals surface area (Å²) in [6, 6.07) is 19.0. The van der Waals surface area contributed by atoms with Crippen molar-refractivity contribution in [3.05, 3.63) is 84.1 Å². The lowest BCUT2D eigenvalue weighted by Gasteiger charge is -2.09. The third-order valence-electron chi connectivity index (χ3n) is 4.46. The number of benzene rings is 2. The van der Waals surface area contributed by atoms with E-state index < -0.39 is 5.97 Å². The number of pyridine rings is 1. The summed E-state index contributed by atoms with van der Waals surface area (Å²) in [5.74, 6) is 0.287. The van der Waals surface area contributed by atoms with Crippen molar-refractivity contribution >= 4 is 22.7 Å². The van der Waals surface area contributed by atoms with E-state index in [1.165, 1.54) is 6.26 Å². The molecule has 144 valence electrons. The molecule has 0 N–H and O–H groups in total. The molecule has 0 fully saturated rings. The molecule has 0 atom stereocenters. The highest BCUT2D eigenvalue weighted by atomic mass is 16.5. The fraction of sp³-hybridized carbons (Fsp3) is 0.0870. The van der Waals surface area contributed by atoms with Crippen LogP contribution in [-0.2, 0) is 4.74 Å². The first-order valence-electron chi connectivity index (χ1n) is 8.94. The highest BCUT2D eigenvalue weighted by Crippen LogP contribution is 2.25. The van der Waals surface area contributed by atoms with Gasteiger partial charge in [0.05, 0.1) is 24.5 Å². The smallest absolute Gasteiger partial charge is 0.339 e. The molecule has 0 saturated carbocycles. The van der Waals surface area contributed by atoms with Gasteiger partial charge < -0.3 is 13.9 Å². The lowest BCUT2D eigenvalue weighted by molar-refractivity contribution is 0.0476.